The van der Waals surface area contributed by atoms with Gasteiger partial charge in [-0.2, -0.15) is 11.3 Å². The third-order valence-electron chi connectivity index (χ3n) is 1.63. The number of hydrogen-bond donors (Lipinski definition) is 1. The maximum Gasteiger partial charge on any atom is 0.0939 e. The molecule has 0 atom stereocenters. The lowest BCUT2D eigenvalue weighted by Crippen LogP contribution is -1.90. The quantitative estimate of drug-likeness (QED) is 0.724. The van der Waals surface area contributed by atoms with Crippen molar-refractivity contribution in [2.45, 2.75) is 0 Å². The standard InChI is InChI=1S/C9H8N2S/c10-8-2-1-4-11-9(8)7-3-5-12-6-7/h1-6H,10H2. The summed E-state index contributed by atoms with van der Waals surface area (Å²) < 4.78 is 0. The van der Waals surface area contributed by atoms with Crippen LogP contribution in [0.25, 0.3) is 11.3 Å². The molecule has 2 aromatic heterocycles. The number of aromatic nitrogens is 1. The Morgan fingerprint density at radius 2 is 2.25 bits per heavy atom. The third-order valence-corrected chi connectivity index (χ3v) is 2.32. The molecule has 0 aliphatic carbocycles. The first kappa shape index (κ1) is 7.31. The molecule has 0 fully saturated rings. The van der Waals surface area contributed by atoms with Gasteiger partial charge in [0.25, 0.3) is 0 Å². The molecule has 0 saturated carbocycles. The summed E-state index contributed by atoms with van der Waals surface area (Å²) in [4.78, 5) is 4.20. The van der Waals surface area contributed by atoms with Gasteiger partial charge in [0, 0.05) is 17.1 Å². The number of anilines is 1. The van der Waals surface area contributed by atoms with Crippen molar-refractivity contribution < 1.29 is 0 Å². The first-order valence-corrected chi connectivity index (χ1v) is 4.55. The van der Waals surface area contributed by atoms with Gasteiger partial charge in [0.15, 0.2) is 0 Å². The number of rotatable bonds is 1. The Bertz CT molecular complexity index is 368. The van der Waals surface area contributed by atoms with Crippen LogP contribution in [0.3, 0.4) is 0 Å². The molecule has 0 unspecified atom stereocenters. The molecule has 0 bridgehead atoms. The summed E-state index contributed by atoms with van der Waals surface area (Å²) in [6.45, 7) is 0. The zero-order valence-electron chi connectivity index (χ0n) is 6.40. The molecule has 2 rings (SSSR count). The molecular weight excluding hydrogens is 168 g/mol. The predicted octanol–water partition coefficient (Wildman–Crippen LogP) is 2.39. The average Bonchev–Trinajstić information content (AvgIpc) is 2.57. The lowest BCUT2D eigenvalue weighted by Gasteiger charge is -1.99. The van der Waals surface area contributed by atoms with E-state index >= 15 is 0 Å². The molecule has 0 radical (unpaired) electrons. The van der Waals surface area contributed by atoms with Crippen LogP contribution in [0.5, 0.6) is 0 Å². The number of hydrogen-bond acceptors (Lipinski definition) is 3. The van der Waals surface area contributed by atoms with Gasteiger partial charge in [-0.05, 0) is 23.6 Å². The SMILES string of the molecule is Nc1cccnc1-c1ccsc1. The van der Waals surface area contributed by atoms with E-state index in [2.05, 4.69) is 4.98 Å². The van der Waals surface area contributed by atoms with E-state index in [0.717, 1.165) is 16.9 Å². The molecule has 3 heteroatoms. The molecule has 60 valence electrons. The van der Waals surface area contributed by atoms with E-state index in [1.54, 1.807) is 17.5 Å². The molecule has 0 spiro atoms. The number of thiophene rings is 1. The minimum atomic E-state index is 0.732. The molecule has 0 saturated heterocycles. The van der Waals surface area contributed by atoms with Crippen LogP contribution in [0.2, 0.25) is 0 Å². The summed E-state index contributed by atoms with van der Waals surface area (Å²) in [6, 6.07) is 5.72. The van der Waals surface area contributed by atoms with Crippen molar-refractivity contribution >= 4 is 17.0 Å². The monoisotopic (exact) mass is 176 g/mol. The Balaban J connectivity index is 2.55. The molecule has 2 nitrogen and oxygen atoms in total. The highest BCUT2D eigenvalue weighted by atomic mass is 32.1. The van der Waals surface area contributed by atoms with Crippen LogP contribution in [-0.2, 0) is 0 Å². The second kappa shape index (κ2) is 2.95. The van der Waals surface area contributed by atoms with E-state index in [1.165, 1.54) is 0 Å². The normalized spacial score (nSPS) is 10.0. The minimum Gasteiger partial charge on any atom is -0.397 e. The lowest BCUT2D eigenvalue weighted by molar-refractivity contribution is 1.34. The van der Waals surface area contributed by atoms with E-state index < -0.39 is 0 Å². The van der Waals surface area contributed by atoms with Crippen molar-refractivity contribution in [2.24, 2.45) is 0 Å². The number of nitrogens with zero attached hydrogens (tertiary/aromatic N) is 1. The van der Waals surface area contributed by atoms with E-state index in [4.69, 9.17) is 5.73 Å². The first-order valence-electron chi connectivity index (χ1n) is 3.61. The second-order valence-corrected chi connectivity index (χ2v) is 3.23. The van der Waals surface area contributed by atoms with Gasteiger partial charge in [-0.25, -0.2) is 0 Å². The van der Waals surface area contributed by atoms with Crippen LogP contribution >= 0.6 is 11.3 Å². The minimum absolute atomic E-state index is 0.732. The second-order valence-electron chi connectivity index (χ2n) is 2.45. The highest BCUT2D eigenvalue weighted by Crippen LogP contribution is 2.24. The average molecular weight is 176 g/mol. The van der Waals surface area contributed by atoms with Gasteiger partial charge in [0.1, 0.15) is 0 Å². The van der Waals surface area contributed by atoms with Crippen LogP contribution in [0.1, 0.15) is 0 Å². The fourth-order valence-electron chi connectivity index (χ4n) is 1.06. The lowest BCUT2D eigenvalue weighted by atomic mass is 10.2. The zero-order valence-corrected chi connectivity index (χ0v) is 7.21. The van der Waals surface area contributed by atoms with Crippen molar-refractivity contribution in [2.75, 3.05) is 5.73 Å². The molecule has 2 aromatic rings. The van der Waals surface area contributed by atoms with Crippen LogP contribution in [0.15, 0.2) is 35.2 Å². The Kier molecular flexibility index (Phi) is 1.80. The number of pyridine rings is 1. The van der Waals surface area contributed by atoms with Gasteiger partial charge in [0.05, 0.1) is 11.4 Å². The zero-order chi connectivity index (χ0) is 8.39. The van der Waals surface area contributed by atoms with E-state index in [0.29, 0.717) is 0 Å². The van der Waals surface area contributed by atoms with Gasteiger partial charge in [-0.15, -0.1) is 0 Å². The van der Waals surface area contributed by atoms with E-state index in [-0.39, 0.29) is 0 Å². The molecule has 2 heterocycles. The molecule has 2 N–H and O–H groups in total. The van der Waals surface area contributed by atoms with Gasteiger partial charge >= 0.3 is 0 Å². The molecule has 12 heavy (non-hydrogen) atoms. The Labute approximate surface area is 74.7 Å². The molecule has 0 aliphatic rings. The fraction of sp³-hybridized carbons (Fsp3) is 0. The summed E-state index contributed by atoms with van der Waals surface area (Å²) in [7, 11) is 0. The van der Waals surface area contributed by atoms with Crippen molar-refractivity contribution in [3.63, 3.8) is 0 Å². The summed E-state index contributed by atoms with van der Waals surface area (Å²) in [5.41, 5.74) is 8.46. The smallest absolute Gasteiger partial charge is 0.0939 e. The number of nitrogen functional groups attached to an aromatic ring is 1. The van der Waals surface area contributed by atoms with E-state index in [1.807, 2.05) is 29.0 Å². The van der Waals surface area contributed by atoms with Crippen LogP contribution < -0.4 is 5.73 Å². The Morgan fingerprint density at radius 3 is 2.92 bits per heavy atom. The third kappa shape index (κ3) is 1.19. The highest BCUT2D eigenvalue weighted by Gasteiger charge is 2.01. The van der Waals surface area contributed by atoms with Crippen LogP contribution in [0.4, 0.5) is 5.69 Å². The van der Waals surface area contributed by atoms with Crippen molar-refractivity contribution in [3.05, 3.63) is 35.2 Å². The Hall–Kier alpha value is -1.35. The van der Waals surface area contributed by atoms with Crippen molar-refractivity contribution in [1.29, 1.82) is 0 Å². The molecular formula is C9H8N2S. The van der Waals surface area contributed by atoms with Gasteiger partial charge in [-0.3, -0.25) is 4.98 Å². The summed E-state index contributed by atoms with van der Waals surface area (Å²) in [5, 5.41) is 4.06. The topological polar surface area (TPSA) is 38.9 Å². The van der Waals surface area contributed by atoms with Crippen LogP contribution in [-0.4, -0.2) is 4.98 Å². The maximum absolute atomic E-state index is 5.75. The predicted molar refractivity (Wildman–Crippen MR) is 52.0 cm³/mol. The van der Waals surface area contributed by atoms with Gasteiger partial charge < -0.3 is 5.73 Å². The Morgan fingerprint density at radius 1 is 1.33 bits per heavy atom. The van der Waals surface area contributed by atoms with Gasteiger partial charge in [-0.1, -0.05) is 0 Å². The largest absolute Gasteiger partial charge is 0.397 e. The first-order chi connectivity index (χ1) is 5.88. The van der Waals surface area contributed by atoms with Crippen molar-refractivity contribution in [3.8, 4) is 11.3 Å². The summed E-state index contributed by atoms with van der Waals surface area (Å²) >= 11 is 1.65. The van der Waals surface area contributed by atoms with E-state index in [9.17, 15) is 0 Å². The maximum atomic E-state index is 5.75. The summed E-state index contributed by atoms with van der Waals surface area (Å²) in [6.07, 6.45) is 1.75. The molecule has 0 aliphatic heterocycles. The molecule has 0 aromatic carbocycles. The summed E-state index contributed by atoms with van der Waals surface area (Å²) in [5.74, 6) is 0. The van der Waals surface area contributed by atoms with Crippen LogP contribution in [0, 0.1) is 0 Å². The van der Waals surface area contributed by atoms with Gasteiger partial charge in [0.2, 0.25) is 0 Å². The number of nitrogens with two attached hydrogens (primary N) is 1. The molecule has 0 amide bonds. The highest BCUT2D eigenvalue weighted by molar-refractivity contribution is 7.08. The van der Waals surface area contributed by atoms with Crippen molar-refractivity contribution in [1.82, 2.24) is 4.98 Å². The fourth-order valence-corrected chi connectivity index (χ4v) is 1.70.